The highest BCUT2D eigenvalue weighted by atomic mass is 19.3. The summed E-state index contributed by atoms with van der Waals surface area (Å²) in [6, 6.07) is 6.88. The zero-order valence-electron chi connectivity index (χ0n) is 11.2. The highest BCUT2D eigenvalue weighted by Gasteiger charge is 2.26. The molecule has 1 aromatic heterocycles. The third kappa shape index (κ3) is 2.74. The molecule has 3 nitrogen and oxygen atoms in total. The number of aromatic nitrogens is 1. The second-order valence-corrected chi connectivity index (χ2v) is 4.92. The van der Waals surface area contributed by atoms with Crippen LogP contribution < -0.4 is 5.32 Å². The van der Waals surface area contributed by atoms with Crippen LogP contribution in [0.25, 0.3) is 0 Å². The van der Waals surface area contributed by atoms with Crippen LogP contribution in [0.1, 0.15) is 23.7 Å². The number of nitrogens with zero attached hydrogens (tertiary/aromatic N) is 2. The maximum atomic E-state index is 13.5. The summed E-state index contributed by atoms with van der Waals surface area (Å²) in [4.78, 5) is 8.45. The lowest BCUT2D eigenvalue weighted by Gasteiger charge is -2.13. The second kappa shape index (κ2) is 4.87. The average Bonchev–Trinajstić information content (AvgIpc) is 2.81. The van der Waals surface area contributed by atoms with E-state index in [1.54, 1.807) is 12.3 Å². The van der Waals surface area contributed by atoms with Crippen molar-refractivity contribution in [2.75, 3.05) is 5.32 Å². The van der Waals surface area contributed by atoms with Crippen molar-refractivity contribution in [1.82, 2.24) is 4.98 Å². The number of amidine groups is 1. The number of aliphatic imine (C=N–C) groups is 1. The first-order chi connectivity index (χ1) is 9.93. The molecule has 0 aliphatic carbocycles. The number of alkyl halides is 2. The quantitative estimate of drug-likeness (QED) is 0.916. The van der Waals surface area contributed by atoms with Crippen LogP contribution in [-0.4, -0.2) is 10.8 Å². The van der Waals surface area contributed by atoms with Gasteiger partial charge in [-0.25, -0.2) is 13.2 Å². The van der Waals surface area contributed by atoms with Crippen molar-refractivity contribution in [3.63, 3.8) is 0 Å². The fraction of sp³-hybridized carbons (Fsp3) is 0.200. The fourth-order valence-corrected chi connectivity index (χ4v) is 2.17. The van der Waals surface area contributed by atoms with Gasteiger partial charge in [-0.3, -0.25) is 9.98 Å². The van der Waals surface area contributed by atoms with Crippen LogP contribution in [0.2, 0.25) is 0 Å². The van der Waals surface area contributed by atoms with Gasteiger partial charge in [-0.1, -0.05) is 6.07 Å². The Kier molecular flexibility index (Phi) is 3.16. The molecule has 2 heterocycles. The Morgan fingerprint density at radius 3 is 2.81 bits per heavy atom. The summed E-state index contributed by atoms with van der Waals surface area (Å²) >= 11 is 0. The van der Waals surface area contributed by atoms with Crippen LogP contribution in [-0.2, 0) is 12.5 Å². The van der Waals surface area contributed by atoms with Crippen LogP contribution in [0.5, 0.6) is 0 Å². The SMILES string of the molecule is CC(F)(F)c1cc(F)cc(NC2=NCc3cccnc32)c1. The third-order valence-corrected chi connectivity index (χ3v) is 3.19. The molecule has 0 fully saturated rings. The molecule has 1 N–H and O–H groups in total. The van der Waals surface area contributed by atoms with E-state index in [0.29, 0.717) is 18.1 Å². The number of anilines is 1. The number of rotatable bonds is 2. The molecular formula is C15H12F3N3. The summed E-state index contributed by atoms with van der Waals surface area (Å²) in [5.41, 5.74) is 1.44. The van der Waals surface area contributed by atoms with Crippen molar-refractivity contribution in [3.05, 3.63) is 59.2 Å². The fourth-order valence-electron chi connectivity index (χ4n) is 2.17. The summed E-state index contributed by atoms with van der Waals surface area (Å²) in [5.74, 6) is -3.37. The van der Waals surface area contributed by atoms with Crippen LogP contribution in [0, 0.1) is 5.82 Å². The zero-order valence-corrected chi connectivity index (χ0v) is 11.2. The second-order valence-electron chi connectivity index (χ2n) is 4.92. The first kappa shape index (κ1) is 13.6. The zero-order chi connectivity index (χ0) is 15.0. The van der Waals surface area contributed by atoms with Crippen molar-refractivity contribution >= 4 is 11.5 Å². The van der Waals surface area contributed by atoms with E-state index in [2.05, 4.69) is 15.3 Å². The Morgan fingerprint density at radius 2 is 2.05 bits per heavy atom. The summed E-state index contributed by atoms with van der Waals surface area (Å²) in [7, 11) is 0. The van der Waals surface area contributed by atoms with E-state index in [1.807, 2.05) is 6.07 Å². The van der Waals surface area contributed by atoms with E-state index in [9.17, 15) is 13.2 Å². The monoisotopic (exact) mass is 291 g/mol. The molecule has 108 valence electrons. The Morgan fingerprint density at radius 1 is 1.24 bits per heavy atom. The van der Waals surface area contributed by atoms with Crippen LogP contribution in [0.3, 0.4) is 0 Å². The molecule has 1 aliphatic rings. The van der Waals surface area contributed by atoms with Gasteiger partial charge < -0.3 is 5.32 Å². The molecule has 2 aromatic rings. The van der Waals surface area contributed by atoms with Crippen molar-refractivity contribution in [2.45, 2.75) is 19.4 Å². The van der Waals surface area contributed by atoms with E-state index in [1.165, 1.54) is 6.07 Å². The van der Waals surface area contributed by atoms with Crippen molar-refractivity contribution in [2.24, 2.45) is 4.99 Å². The van der Waals surface area contributed by atoms with Gasteiger partial charge >= 0.3 is 0 Å². The predicted molar refractivity (Wildman–Crippen MR) is 74.1 cm³/mol. The molecule has 0 bridgehead atoms. The lowest BCUT2D eigenvalue weighted by atomic mass is 10.1. The first-order valence-electron chi connectivity index (χ1n) is 6.38. The van der Waals surface area contributed by atoms with E-state index in [4.69, 9.17) is 0 Å². The van der Waals surface area contributed by atoms with Crippen molar-refractivity contribution in [1.29, 1.82) is 0 Å². The van der Waals surface area contributed by atoms with E-state index >= 15 is 0 Å². The maximum Gasteiger partial charge on any atom is 0.270 e. The number of benzene rings is 1. The van der Waals surface area contributed by atoms with Gasteiger partial charge in [0.15, 0.2) is 5.84 Å². The number of fused-ring (bicyclic) bond motifs is 1. The minimum Gasteiger partial charge on any atom is -0.339 e. The van der Waals surface area contributed by atoms with Gasteiger partial charge in [0.25, 0.3) is 5.92 Å². The van der Waals surface area contributed by atoms with Gasteiger partial charge in [0.2, 0.25) is 0 Å². The molecule has 1 aromatic carbocycles. The smallest absolute Gasteiger partial charge is 0.270 e. The Hall–Kier alpha value is -2.37. The first-order valence-corrected chi connectivity index (χ1v) is 6.38. The lowest BCUT2D eigenvalue weighted by molar-refractivity contribution is 0.0172. The molecule has 0 radical (unpaired) electrons. The molecule has 1 aliphatic heterocycles. The molecule has 0 unspecified atom stereocenters. The van der Waals surface area contributed by atoms with Crippen molar-refractivity contribution in [3.8, 4) is 0 Å². The van der Waals surface area contributed by atoms with E-state index < -0.39 is 11.7 Å². The Labute approximate surface area is 119 Å². The highest BCUT2D eigenvalue weighted by Crippen LogP contribution is 2.30. The van der Waals surface area contributed by atoms with Gasteiger partial charge in [-0.15, -0.1) is 0 Å². The third-order valence-electron chi connectivity index (χ3n) is 3.19. The van der Waals surface area contributed by atoms with Gasteiger partial charge in [0, 0.05) is 29.9 Å². The number of nitrogens with one attached hydrogen (secondary N) is 1. The molecule has 0 saturated carbocycles. The molecular weight excluding hydrogens is 279 g/mol. The van der Waals surface area contributed by atoms with Gasteiger partial charge in [-0.05, 0) is 24.3 Å². The van der Waals surface area contributed by atoms with Gasteiger partial charge in [0.05, 0.1) is 6.54 Å². The summed E-state index contributed by atoms with van der Waals surface area (Å²) < 4.78 is 40.2. The predicted octanol–water partition coefficient (Wildman–Crippen LogP) is 3.70. The minimum absolute atomic E-state index is 0.226. The molecule has 0 spiro atoms. The normalized spacial score (nSPS) is 13.8. The summed E-state index contributed by atoms with van der Waals surface area (Å²) in [6.45, 7) is 1.20. The average molecular weight is 291 g/mol. The van der Waals surface area contributed by atoms with Gasteiger partial charge in [-0.2, -0.15) is 0 Å². The topological polar surface area (TPSA) is 37.3 Å². The van der Waals surface area contributed by atoms with Crippen molar-refractivity contribution < 1.29 is 13.2 Å². The standard InChI is InChI=1S/C15H12F3N3/c1-15(17,18)10-5-11(16)7-12(6-10)21-14-13-9(8-20-14)3-2-4-19-13/h2-7H,8H2,1H3,(H,20,21). The highest BCUT2D eigenvalue weighted by molar-refractivity contribution is 6.09. The molecule has 6 heteroatoms. The number of hydrogen-bond acceptors (Lipinski definition) is 3. The number of hydrogen-bond donors (Lipinski definition) is 1. The van der Waals surface area contributed by atoms with E-state index in [-0.39, 0.29) is 11.3 Å². The largest absolute Gasteiger partial charge is 0.339 e. The number of halogens is 3. The Balaban J connectivity index is 1.92. The molecule has 0 amide bonds. The van der Waals surface area contributed by atoms with Crippen LogP contribution in [0.15, 0.2) is 41.5 Å². The minimum atomic E-state index is -3.10. The van der Waals surface area contributed by atoms with Crippen LogP contribution in [0.4, 0.5) is 18.9 Å². The molecule has 21 heavy (non-hydrogen) atoms. The Bertz CT molecular complexity index is 720. The molecule has 3 rings (SSSR count). The number of pyridine rings is 1. The van der Waals surface area contributed by atoms with Crippen LogP contribution >= 0.6 is 0 Å². The van der Waals surface area contributed by atoms with Gasteiger partial charge in [0.1, 0.15) is 11.5 Å². The molecule has 0 saturated heterocycles. The maximum absolute atomic E-state index is 13.5. The summed E-state index contributed by atoms with van der Waals surface area (Å²) in [6.07, 6.45) is 1.62. The molecule has 0 atom stereocenters. The van der Waals surface area contributed by atoms with E-state index in [0.717, 1.165) is 24.6 Å². The summed E-state index contributed by atoms with van der Waals surface area (Å²) in [5, 5.41) is 2.86. The lowest BCUT2D eigenvalue weighted by Crippen LogP contribution is -2.15.